The van der Waals surface area contributed by atoms with Crippen LogP contribution in [-0.4, -0.2) is 32.0 Å². The van der Waals surface area contributed by atoms with Gasteiger partial charge in [0.25, 0.3) is 6.43 Å². The summed E-state index contributed by atoms with van der Waals surface area (Å²) in [6.07, 6.45) is -2.54. The van der Waals surface area contributed by atoms with Gasteiger partial charge in [-0.15, -0.1) is 12.4 Å². The van der Waals surface area contributed by atoms with Crippen molar-refractivity contribution in [3.63, 3.8) is 0 Å². The molecule has 0 aromatic heterocycles. The van der Waals surface area contributed by atoms with Crippen molar-refractivity contribution in [1.29, 1.82) is 0 Å². The van der Waals surface area contributed by atoms with E-state index < -0.39 is 13.0 Å². The number of carbonyl (C=O) groups is 1. The monoisotopic (exact) mass is 320 g/mol. The molecule has 4 nitrogen and oxygen atoms in total. The first-order chi connectivity index (χ1) is 9.58. The number of benzene rings is 1. The molecular weight excluding hydrogens is 302 g/mol. The largest absolute Gasteiger partial charge is 0.485 e. The zero-order valence-corrected chi connectivity index (χ0v) is 12.5. The Hall–Kier alpha value is -1.40. The molecule has 2 rings (SSSR count). The van der Waals surface area contributed by atoms with E-state index in [2.05, 4.69) is 10.6 Å². The second kappa shape index (κ2) is 8.14. The molecule has 0 saturated carbocycles. The van der Waals surface area contributed by atoms with Gasteiger partial charge in [-0.2, -0.15) is 0 Å². The fourth-order valence-corrected chi connectivity index (χ4v) is 1.97. The average Bonchev–Trinajstić information content (AvgIpc) is 2.35. The van der Waals surface area contributed by atoms with Crippen LogP contribution in [-0.2, 0) is 4.79 Å². The normalized spacial score (nSPS) is 15.8. The first-order valence-electron chi connectivity index (χ1n) is 6.59. The number of hydrogen-bond acceptors (Lipinski definition) is 3. The minimum atomic E-state index is -2.54. The van der Waals surface area contributed by atoms with Crippen LogP contribution in [0.1, 0.15) is 6.92 Å². The molecule has 1 aromatic rings. The molecule has 1 atom stereocenters. The summed E-state index contributed by atoms with van der Waals surface area (Å²) in [6, 6.07) is 6.61. The number of nitrogens with one attached hydrogen (secondary N) is 2. The number of anilines is 1. The van der Waals surface area contributed by atoms with Crippen LogP contribution in [0.5, 0.6) is 5.75 Å². The Morgan fingerprint density at radius 1 is 1.43 bits per heavy atom. The maximum absolute atomic E-state index is 12.2. The van der Waals surface area contributed by atoms with Crippen molar-refractivity contribution >= 4 is 24.0 Å². The summed E-state index contributed by atoms with van der Waals surface area (Å²) in [5.41, 5.74) is 0.428. The van der Waals surface area contributed by atoms with Gasteiger partial charge in [0, 0.05) is 5.92 Å². The molecule has 1 aliphatic rings. The number of alkyl halides is 2. The first-order valence-corrected chi connectivity index (χ1v) is 6.59. The van der Waals surface area contributed by atoms with E-state index in [4.69, 9.17) is 4.74 Å². The van der Waals surface area contributed by atoms with Gasteiger partial charge in [-0.3, -0.25) is 4.79 Å². The predicted octanol–water partition coefficient (Wildman–Crippen LogP) is 2.55. The Kier molecular flexibility index (Phi) is 6.84. The minimum absolute atomic E-state index is 0. The van der Waals surface area contributed by atoms with Gasteiger partial charge in [0.1, 0.15) is 12.4 Å². The molecule has 0 bridgehead atoms. The van der Waals surface area contributed by atoms with Crippen molar-refractivity contribution in [3.8, 4) is 5.75 Å². The summed E-state index contributed by atoms with van der Waals surface area (Å²) in [5, 5.41) is 5.86. The Bertz CT molecular complexity index is 470. The number of ether oxygens (including phenoxy) is 1. The molecular formula is C14H19ClF2N2O2. The highest BCUT2D eigenvalue weighted by Gasteiger charge is 2.29. The number of amides is 1. The standard InChI is InChI=1S/C14H18F2N2O2.ClH/c1-9(10-6-17-7-10)14(19)18-11-4-2-3-5-12(11)20-8-13(15)16;/h2-5,9-10,13,17H,6-8H2,1H3,(H,18,19);1H. The Labute approximate surface area is 128 Å². The summed E-state index contributed by atoms with van der Waals surface area (Å²) in [6.45, 7) is 2.84. The zero-order chi connectivity index (χ0) is 14.5. The van der Waals surface area contributed by atoms with Gasteiger partial charge in [-0.05, 0) is 31.1 Å². The van der Waals surface area contributed by atoms with E-state index in [0.717, 1.165) is 13.1 Å². The lowest BCUT2D eigenvalue weighted by atomic mass is 9.88. The molecule has 0 aliphatic carbocycles. The van der Waals surface area contributed by atoms with Crippen molar-refractivity contribution < 1.29 is 18.3 Å². The van der Waals surface area contributed by atoms with E-state index in [-0.39, 0.29) is 30.0 Å². The topological polar surface area (TPSA) is 50.4 Å². The fourth-order valence-electron chi connectivity index (χ4n) is 1.97. The van der Waals surface area contributed by atoms with Gasteiger partial charge in [-0.1, -0.05) is 19.1 Å². The van der Waals surface area contributed by atoms with Crippen molar-refractivity contribution in [2.45, 2.75) is 13.3 Å². The molecule has 1 amide bonds. The van der Waals surface area contributed by atoms with Crippen molar-refractivity contribution in [2.24, 2.45) is 11.8 Å². The third kappa shape index (κ3) is 4.82. The molecule has 1 saturated heterocycles. The highest BCUT2D eigenvalue weighted by molar-refractivity contribution is 5.94. The summed E-state index contributed by atoms with van der Waals surface area (Å²) < 4.78 is 29.4. The van der Waals surface area contributed by atoms with Crippen molar-refractivity contribution in [3.05, 3.63) is 24.3 Å². The van der Waals surface area contributed by atoms with Crippen LogP contribution in [0.2, 0.25) is 0 Å². The molecule has 2 N–H and O–H groups in total. The second-order valence-corrected chi connectivity index (χ2v) is 4.89. The van der Waals surface area contributed by atoms with Crippen LogP contribution >= 0.6 is 12.4 Å². The van der Waals surface area contributed by atoms with Gasteiger partial charge < -0.3 is 15.4 Å². The van der Waals surface area contributed by atoms with E-state index >= 15 is 0 Å². The van der Waals surface area contributed by atoms with Gasteiger partial charge in [-0.25, -0.2) is 8.78 Å². The number of rotatable bonds is 6. The molecule has 1 unspecified atom stereocenters. The lowest BCUT2D eigenvalue weighted by Gasteiger charge is -2.31. The van der Waals surface area contributed by atoms with E-state index in [1.807, 2.05) is 6.92 Å². The zero-order valence-electron chi connectivity index (χ0n) is 11.6. The summed E-state index contributed by atoms with van der Waals surface area (Å²) >= 11 is 0. The quantitative estimate of drug-likeness (QED) is 0.847. The van der Waals surface area contributed by atoms with Crippen LogP contribution in [0.4, 0.5) is 14.5 Å². The van der Waals surface area contributed by atoms with E-state index in [9.17, 15) is 13.6 Å². The molecule has 21 heavy (non-hydrogen) atoms. The third-order valence-electron chi connectivity index (χ3n) is 3.44. The maximum Gasteiger partial charge on any atom is 0.272 e. The summed E-state index contributed by atoms with van der Waals surface area (Å²) in [4.78, 5) is 12.1. The van der Waals surface area contributed by atoms with E-state index in [1.54, 1.807) is 24.3 Å². The molecule has 118 valence electrons. The fraction of sp³-hybridized carbons (Fsp3) is 0.500. The molecule has 1 aliphatic heterocycles. The summed E-state index contributed by atoms with van der Waals surface area (Å²) in [5.74, 6) is 0.341. The molecule has 7 heteroatoms. The van der Waals surface area contributed by atoms with Gasteiger partial charge in [0.2, 0.25) is 5.91 Å². The molecule has 1 fully saturated rings. The van der Waals surface area contributed by atoms with Crippen LogP contribution in [0.25, 0.3) is 0 Å². The molecule has 1 heterocycles. The summed E-state index contributed by atoms with van der Waals surface area (Å²) in [7, 11) is 0. The number of carbonyl (C=O) groups excluding carboxylic acids is 1. The van der Waals surface area contributed by atoms with Gasteiger partial charge in [0.15, 0.2) is 0 Å². The van der Waals surface area contributed by atoms with Gasteiger partial charge >= 0.3 is 0 Å². The van der Waals surface area contributed by atoms with Crippen LogP contribution in [0.15, 0.2) is 24.3 Å². The number of para-hydroxylation sites is 2. The lowest BCUT2D eigenvalue weighted by molar-refractivity contribution is -0.121. The maximum atomic E-state index is 12.2. The Morgan fingerprint density at radius 3 is 2.67 bits per heavy atom. The van der Waals surface area contributed by atoms with E-state index in [1.165, 1.54) is 0 Å². The van der Waals surface area contributed by atoms with Crippen LogP contribution < -0.4 is 15.4 Å². The Morgan fingerprint density at radius 2 is 2.10 bits per heavy atom. The first kappa shape index (κ1) is 17.7. The van der Waals surface area contributed by atoms with Crippen molar-refractivity contribution in [2.75, 3.05) is 25.0 Å². The average molecular weight is 321 g/mol. The number of halogens is 3. The van der Waals surface area contributed by atoms with Crippen molar-refractivity contribution in [1.82, 2.24) is 5.32 Å². The molecule has 0 spiro atoms. The minimum Gasteiger partial charge on any atom is -0.485 e. The second-order valence-electron chi connectivity index (χ2n) is 4.89. The predicted molar refractivity (Wildman–Crippen MR) is 79.3 cm³/mol. The third-order valence-corrected chi connectivity index (χ3v) is 3.44. The SMILES string of the molecule is CC(C(=O)Nc1ccccc1OCC(F)F)C1CNC1.Cl. The van der Waals surface area contributed by atoms with E-state index in [0.29, 0.717) is 11.6 Å². The van der Waals surface area contributed by atoms with Crippen LogP contribution in [0.3, 0.4) is 0 Å². The lowest BCUT2D eigenvalue weighted by Crippen LogP contribution is -2.48. The molecule has 1 aromatic carbocycles. The number of hydrogen-bond donors (Lipinski definition) is 2. The Balaban J connectivity index is 0.00000220. The molecule has 0 radical (unpaired) electrons. The highest BCUT2D eigenvalue weighted by atomic mass is 35.5. The highest BCUT2D eigenvalue weighted by Crippen LogP contribution is 2.26. The smallest absolute Gasteiger partial charge is 0.272 e. The van der Waals surface area contributed by atoms with Crippen LogP contribution in [0, 0.1) is 11.8 Å². The van der Waals surface area contributed by atoms with Gasteiger partial charge in [0.05, 0.1) is 5.69 Å².